The smallest absolute Gasteiger partial charge is 0.254 e. The van der Waals surface area contributed by atoms with Crippen molar-refractivity contribution in [3.8, 4) is 5.75 Å². The Morgan fingerprint density at radius 3 is 2.57 bits per heavy atom. The monoisotopic (exact) mass is 626 g/mol. The Morgan fingerprint density at radius 1 is 0.976 bits per heavy atom. The van der Waals surface area contributed by atoms with E-state index in [4.69, 9.17) is 0 Å². The topological polar surface area (TPSA) is 120 Å². The number of halogens is 1. The van der Waals surface area contributed by atoms with Crippen LogP contribution in [-0.2, 0) is 16.0 Å². The molecule has 0 spiro atoms. The van der Waals surface area contributed by atoms with Gasteiger partial charge in [0.15, 0.2) is 5.78 Å². The first-order valence-corrected chi connectivity index (χ1v) is 14.4. The van der Waals surface area contributed by atoms with Crippen LogP contribution in [0, 0.1) is 0 Å². The van der Waals surface area contributed by atoms with E-state index in [-0.39, 0.29) is 37.0 Å². The van der Waals surface area contributed by atoms with Crippen molar-refractivity contribution in [2.24, 2.45) is 0 Å². The third kappa shape index (κ3) is 5.37. The van der Waals surface area contributed by atoms with E-state index in [0.717, 1.165) is 20.9 Å². The molecule has 2 aliphatic rings. The van der Waals surface area contributed by atoms with E-state index in [1.807, 2.05) is 6.07 Å². The fraction of sp³-hybridized carbons (Fsp3) is 0.219. The number of fused-ring (bicyclic) bond motifs is 2. The van der Waals surface area contributed by atoms with Gasteiger partial charge in [-0.2, -0.15) is 0 Å². The van der Waals surface area contributed by atoms with Crippen molar-refractivity contribution in [2.45, 2.75) is 31.0 Å². The average molecular weight is 627 g/mol. The van der Waals surface area contributed by atoms with Crippen LogP contribution in [0.25, 0.3) is 10.9 Å². The molecule has 1 aromatic heterocycles. The standard InChI is InChI=1S/C32H27BrN4O5/c33-23-5-1-3-21(17-23)30(40)35-26(15-19-6-9-24(38)10-7-19)32(42)36-14-12-27-29(36)28(39)18-37(27)31(41)22-8-11-25-20(16-22)4-2-13-34-25/h1-11,13,16-17,26-27,29,38H,12,14-15,18H2,(H,35,40)/t26-,27?,29-/m0/s1. The van der Waals surface area contributed by atoms with E-state index in [0.29, 0.717) is 17.5 Å². The highest BCUT2D eigenvalue weighted by atomic mass is 79.9. The number of carbonyl (C=O) groups is 4. The number of nitrogens with zero attached hydrogens (tertiary/aromatic N) is 3. The molecule has 42 heavy (non-hydrogen) atoms. The summed E-state index contributed by atoms with van der Waals surface area (Å²) in [6, 6.07) is 20.0. The number of hydrogen-bond donors (Lipinski definition) is 2. The van der Waals surface area contributed by atoms with Crippen molar-refractivity contribution in [2.75, 3.05) is 13.1 Å². The van der Waals surface area contributed by atoms with E-state index < -0.39 is 29.9 Å². The van der Waals surface area contributed by atoms with Gasteiger partial charge in [0, 0.05) is 40.1 Å². The molecule has 2 fully saturated rings. The summed E-state index contributed by atoms with van der Waals surface area (Å²) in [5.41, 5.74) is 2.34. The average Bonchev–Trinajstić information content (AvgIpc) is 3.58. The number of amides is 3. The first-order chi connectivity index (χ1) is 20.3. The molecule has 4 aromatic rings. The molecule has 3 heterocycles. The fourth-order valence-electron chi connectivity index (χ4n) is 5.85. The van der Waals surface area contributed by atoms with Crippen LogP contribution in [-0.4, -0.2) is 74.6 Å². The van der Waals surface area contributed by atoms with Crippen LogP contribution in [0.4, 0.5) is 0 Å². The second kappa shape index (κ2) is 11.4. The first-order valence-electron chi connectivity index (χ1n) is 13.6. The summed E-state index contributed by atoms with van der Waals surface area (Å²) in [5, 5.41) is 13.4. The summed E-state index contributed by atoms with van der Waals surface area (Å²) < 4.78 is 0.725. The van der Waals surface area contributed by atoms with Gasteiger partial charge in [-0.05, 0) is 66.6 Å². The van der Waals surface area contributed by atoms with Crippen LogP contribution in [0.1, 0.15) is 32.7 Å². The highest BCUT2D eigenvalue weighted by Gasteiger charge is 2.52. The summed E-state index contributed by atoms with van der Waals surface area (Å²) in [5.74, 6) is -1.20. The molecular formula is C32H27BrN4O5. The Kier molecular flexibility index (Phi) is 7.47. The Balaban J connectivity index is 1.24. The quantitative estimate of drug-likeness (QED) is 0.336. The van der Waals surface area contributed by atoms with Gasteiger partial charge in [-0.3, -0.25) is 24.2 Å². The van der Waals surface area contributed by atoms with E-state index in [9.17, 15) is 24.3 Å². The predicted octanol–water partition coefficient (Wildman–Crippen LogP) is 3.74. The molecule has 9 nitrogen and oxygen atoms in total. The van der Waals surface area contributed by atoms with Crippen molar-refractivity contribution in [3.63, 3.8) is 0 Å². The third-order valence-electron chi connectivity index (χ3n) is 7.88. The molecule has 0 aliphatic carbocycles. The van der Waals surface area contributed by atoms with Gasteiger partial charge in [-0.25, -0.2) is 0 Å². The number of hydrogen-bond acceptors (Lipinski definition) is 6. The number of Topliss-reactive ketones (excluding diaryl/α,β-unsaturated/α-hetero) is 1. The van der Waals surface area contributed by atoms with Crippen molar-refractivity contribution >= 4 is 50.3 Å². The van der Waals surface area contributed by atoms with Crippen LogP contribution >= 0.6 is 15.9 Å². The van der Waals surface area contributed by atoms with Crippen LogP contribution in [0.5, 0.6) is 5.75 Å². The van der Waals surface area contributed by atoms with Gasteiger partial charge in [0.2, 0.25) is 5.91 Å². The van der Waals surface area contributed by atoms with Crippen LogP contribution in [0.2, 0.25) is 0 Å². The van der Waals surface area contributed by atoms with Crippen molar-refractivity contribution in [1.29, 1.82) is 0 Å². The molecule has 3 atom stereocenters. The van der Waals surface area contributed by atoms with Crippen LogP contribution in [0.15, 0.2) is 89.5 Å². The zero-order valence-electron chi connectivity index (χ0n) is 22.4. The lowest BCUT2D eigenvalue weighted by atomic mass is 10.0. The molecule has 3 amide bonds. The number of ketones is 1. The number of aromatic nitrogens is 1. The normalized spacial score (nSPS) is 18.6. The largest absolute Gasteiger partial charge is 0.508 e. The molecule has 2 N–H and O–H groups in total. The predicted molar refractivity (Wildman–Crippen MR) is 159 cm³/mol. The maximum Gasteiger partial charge on any atom is 0.254 e. The Morgan fingerprint density at radius 2 is 1.79 bits per heavy atom. The lowest BCUT2D eigenvalue weighted by Crippen LogP contribution is -2.53. The molecule has 10 heteroatoms. The molecule has 2 saturated heterocycles. The molecule has 212 valence electrons. The number of phenolic OH excluding ortho intramolecular Hbond substituents is 1. The second-order valence-electron chi connectivity index (χ2n) is 10.5. The summed E-state index contributed by atoms with van der Waals surface area (Å²) >= 11 is 3.37. The molecule has 0 saturated carbocycles. The zero-order chi connectivity index (χ0) is 29.4. The molecular weight excluding hydrogens is 600 g/mol. The minimum atomic E-state index is -0.967. The molecule has 0 radical (unpaired) electrons. The number of rotatable bonds is 6. The Labute approximate surface area is 250 Å². The maximum absolute atomic E-state index is 14.0. The number of nitrogens with one attached hydrogen (secondary N) is 1. The van der Waals surface area contributed by atoms with Gasteiger partial charge < -0.3 is 20.2 Å². The number of aromatic hydroxyl groups is 1. The highest BCUT2D eigenvalue weighted by molar-refractivity contribution is 9.10. The molecule has 1 unspecified atom stereocenters. The molecule has 3 aromatic carbocycles. The Bertz CT molecular complexity index is 1710. The maximum atomic E-state index is 14.0. The van der Waals surface area contributed by atoms with Gasteiger partial charge in [-0.1, -0.05) is 40.2 Å². The van der Waals surface area contributed by atoms with Gasteiger partial charge >= 0.3 is 0 Å². The molecule has 2 aliphatic heterocycles. The van der Waals surface area contributed by atoms with Gasteiger partial charge in [-0.15, -0.1) is 0 Å². The number of pyridine rings is 1. The van der Waals surface area contributed by atoms with Crippen molar-refractivity contribution in [1.82, 2.24) is 20.1 Å². The number of phenols is 1. The highest BCUT2D eigenvalue weighted by Crippen LogP contribution is 2.32. The summed E-state index contributed by atoms with van der Waals surface area (Å²) in [6.07, 6.45) is 2.30. The summed E-state index contributed by atoms with van der Waals surface area (Å²) in [7, 11) is 0. The van der Waals surface area contributed by atoms with E-state index in [1.54, 1.807) is 71.8 Å². The van der Waals surface area contributed by atoms with E-state index in [2.05, 4.69) is 26.2 Å². The van der Waals surface area contributed by atoms with E-state index in [1.165, 1.54) is 17.0 Å². The van der Waals surface area contributed by atoms with Crippen LogP contribution < -0.4 is 5.32 Å². The minimum Gasteiger partial charge on any atom is -0.508 e. The summed E-state index contributed by atoms with van der Waals surface area (Å²) in [4.78, 5) is 61.4. The number of benzene rings is 3. The van der Waals surface area contributed by atoms with Gasteiger partial charge in [0.25, 0.3) is 11.8 Å². The van der Waals surface area contributed by atoms with Crippen molar-refractivity contribution in [3.05, 3.63) is 106 Å². The Hall–Kier alpha value is -4.57. The molecule has 6 rings (SSSR count). The fourth-order valence-corrected chi connectivity index (χ4v) is 6.25. The lowest BCUT2D eigenvalue weighted by molar-refractivity contribution is -0.138. The first kappa shape index (κ1) is 27.6. The van der Waals surface area contributed by atoms with Gasteiger partial charge in [0.1, 0.15) is 17.8 Å². The zero-order valence-corrected chi connectivity index (χ0v) is 24.0. The molecule has 0 bridgehead atoms. The van der Waals surface area contributed by atoms with E-state index >= 15 is 0 Å². The second-order valence-corrected chi connectivity index (χ2v) is 11.5. The number of carbonyl (C=O) groups excluding carboxylic acids is 4. The SMILES string of the molecule is O=C(N[C@@H](Cc1ccc(O)cc1)C(=O)N1CCC2[C@H]1C(=O)CN2C(=O)c1ccc2ncccc2c1)c1cccc(Br)c1. The van der Waals surface area contributed by atoms with Crippen molar-refractivity contribution < 1.29 is 24.3 Å². The summed E-state index contributed by atoms with van der Waals surface area (Å²) in [6.45, 7) is 0.195. The third-order valence-corrected chi connectivity index (χ3v) is 8.38. The number of likely N-dealkylation sites (tertiary alicyclic amines) is 2. The van der Waals surface area contributed by atoms with Crippen LogP contribution in [0.3, 0.4) is 0 Å². The lowest BCUT2D eigenvalue weighted by Gasteiger charge is -2.28. The minimum absolute atomic E-state index is 0.0872. The van der Waals surface area contributed by atoms with Gasteiger partial charge in [0.05, 0.1) is 18.1 Å².